The number of amides is 1. The van der Waals surface area contributed by atoms with Crippen molar-refractivity contribution < 1.29 is 4.79 Å². The molecule has 0 saturated heterocycles. The van der Waals surface area contributed by atoms with E-state index in [4.69, 9.17) is 6.42 Å². The molecule has 20 heavy (non-hydrogen) atoms. The van der Waals surface area contributed by atoms with Crippen molar-refractivity contribution in [3.63, 3.8) is 0 Å². The molecule has 3 nitrogen and oxygen atoms in total. The zero-order valence-corrected chi connectivity index (χ0v) is 12.3. The van der Waals surface area contributed by atoms with Gasteiger partial charge in [-0.3, -0.25) is 4.79 Å². The molecule has 0 radical (unpaired) electrons. The summed E-state index contributed by atoms with van der Waals surface area (Å²) < 4.78 is 0. The van der Waals surface area contributed by atoms with E-state index in [9.17, 15) is 4.79 Å². The number of thiazole rings is 1. The predicted octanol–water partition coefficient (Wildman–Crippen LogP) is 3.43. The van der Waals surface area contributed by atoms with Crippen LogP contribution in [0.2, 0.25) is 0 Å². The van der Waals surface area contributed by atoms with Crippen molar-refractivity contribution in [2.45, 2.75) is 26.2 Å². The topological polar surface area (TPSA) is 42.0 Å². The van der Waals surface area contributed by atoms with Gasteiger partial charge in [0.2, 0.25) is 5.91 Å². The Morgan fingerprint density at radius 3 is 2.95 bits per heavy atom. The van der Waals surface area contributed by atoms with Gasteiger partial charge in [0.25, 0.3) is 0 Å². The molecule has 2 aromatic rings. The normalized spacial score (nSPS) is 10.3. The third-order valence-corrected chi connectivity index (χ3v) is 3.91. The Balaban J connectivity index is 1.99. The first-order chi connectivity index (χ1) is 9.58. The molecule has 0 aliphatic rings. The summed E-state index contributed by atoms with van der Waals surface area (Å²) in [5.41, 5.74) is 2.27. The molecule has 0 aliphatic heterocycles. The fourth-order valence-corrected chi connectivity index (χ4v) is 2.56. The molecule has 0 unspecified atom stereocenters. The van der Waals surface area contributed by atoms with Gasteiger partial charge in [-0.25, -0.2) is 4.98 Å². The summed E-state index contributed by atoms with van der Waals surface area (Å²) in [6.45, 7) is 4.18. The molecule has 1 N–H and O–H groups in total. The van der Waals surface area contributed by atoms with E-state index in [1.54, 1.807) is 17.4 Å². The van der Waals surface area contributed by atoms with Gasteiger partial charge in [0.05, 0.1) is 17.1 Å². The van der Waals surface area contributed by atoms with Crippen LogP contribution in [-0.2, 0) is 11.2 Å². The van der Waals surface area contributed by atoms with Crippen LogP contribution in [0.3, 0.4) is 0 Å². The van der Waals surface area contributed by atoms with Crippen molar-refractivity contribution in [2.24, 2.45) is 0 Å². The molecule has 2 rings (SSSR count). The van der Waals surface area contributed by atoms with Crippen LogP contribution >= 0.6 is 11.3 Å². The lowest BCUT2D eigenvalue weighted by atomic mass is 10.2. The summed E-state index contributed by atoms with van der Waals surface area (Å²) in [5, 5.41) is 5.83. The van der Waals surface area contributed by atoms with Crippen LogP contribution in [-0.4, -0.2) is 10.9 Å². The minimum Gasteiger partial charge on any atom is -0.326 e. The van der Waals surface area contributed by atoms with E-state index in [0.29, 0.717) is 11.6 Å². The van der Waals surface area contributed by atoms with Crippen LogP contribution in [0.25, 0.3) is 0 Å². The fourth-order valence-electron chi connectivity index (χ4n) is 1.73. The summed E-state index contributed by atoms with van der Waals surface area (Å²) in [6, 6.07) is 7.24. The molecule has 0 aliphatic carbocycles. The number of rotatable bonds is 4. The third-order valence-electron chi connectivity index (χ3n) is 2.72. The molecule has 0 fully saturated rings. The van der Waals surface area contributed by atoms with Crippen LogP contribution in [0.15, 0.2) is 29.6 Å². The van der Waals surface area contributed by atoms with E-state index >= 15 is 0 Å². The van der Waals surface area contributed by atoms with Gasteiger partial charge in [-0.05, 0) is 18.2 Å². The quantitative estimate of drug-likeness (QED) is 0.874. The molecule has 0 atom stereocenters. The highest BCUT2D eigenvalue weighted by Gasteiger charge is 2.10. The number of carbonyl (C=O) groups excluding carboxylic acids is 1. The number of anilines is 1. The standard InChI is InChI=1S/C16H16N2OS/c1-4-12-6-5-7-13(8-12)17-15(19)9-14-10-20-16(18-14)11(2)3/h1,5-8,10-11H,9H2,2-3H3,(H,17,19). The minimum atomic E-state index is -0.0835. The molecule has 1 aromatic heterocycles. The van der Waals surface area contributed by atoms with Gasteiger partial charge in [-0.1, -0.05) is 25.8 Å². The Labute approximate surface area is 123 Å². The Morgan fingerprint density at radius 2 is 2.30 bits per heavy atom. The van der Waals surface area contributed by atoms with Crippen LogP contribution in [0.1, 0.15) is 36.0 Å². The average molecular weight is 284 g/mol. The van der Waals surface area contributed by atoms with Crippen LogP contribution < -0.4 is 5.32 Å². The van der Waals surface area contributed by atoms with Gasteiger partial charge < -0.3 is 5.32 Å². The van der Waals surface area contributed by atoms with Gasteiger partial charge in [0.1, 0.15) is 0 Å². The summed E-state index contributed by atoms with van der Waals surface area (Å²) in [7, 11) is 0. The highest BCUT2D eigenvalue weighted by molar-refractivity contribution is 7.09. The Morgan fingerprint density at radius 1 is 1.50 bits per heavy atom. The molecule has 0 saturated carbocycles. The predicted molar refractivity (Wildman–Crippen MR) is 82.9 cm³/mol. The lowest BCUT2D eigenvalue weighted by Gasteiger charge is -2.04. The van der Waals surface area contributed by atoms with Crippen molar-refractivity contribution in [2.75, 3.05) is 5.32 Å². The smallest absolute Gasteiger partial charge is 0.230 e. The lowest BCUT2D eigenvalue weighted by molar-refractivity contribution is -0.115. The van der Waals surface area contributed by atoms with Crippen LogP contribution in [0.4, 0.5) is 5.69 Å². The second-order valence-electron chi connectivity index (χ2n) is 4.78. The summed E-state index contributed by atoms with van der Waals surface area (Å²) in [6.07, 6.45) is 5.61. The maximum atomic E-state index is 12.0. The number of carbonyl (C=O) groups is 1. The second kappa shape index (κ2) is 6.36. The number of nitrogens with one attached hydrogen (secondary N) is 1. The minimum absolute atomic E-state index is 0.0835. The molecular weight excluding hydrogens is 268 g/mol. The molecule has 1 amide bonds. The SMILES string of the molecule is C#Cc1cccc(NC(=O)Cc2csc(C(C)C)n2)c1. The zero-order valence-electron chi connectivity index (χ0n) is 11.5. The number of hydrogen-bond acceptors (Lipinski definition) is 3. The van der Waals surface area contributed by atoms with Crippen LogP contribution in [0, 0.1) is 12.3 Å². The number of aromatic nitrogens is 1. The first-order valence-electron chi connectivity index (χ1n) is 6.39. The van der Waals surface area contributed by atoms with Gasteiger partial charge in [0.15, 0.2) is 0 Å². The molecule has 1 aromatic carbocycles. The van der Waals surface area contributed by atoms with Crippen LogP contribution in [0.5, 0.6) is 0 Å². The highest BCUT2D eigenvalue weighted by atomic mass is 32.1. The molecule has 0 spiro atoms. The second-order valence-corrected chi connectivity index (χ2v) is 5.67. The summed E-state index contributed by atoms with van der Waals surface area (Å²) in [5.74, 6) is 2.85. The fraction of sp³-hybridized carbons (Fsp3) is 0.250. The number of benzene rings is 1. The van der Waals surface area contributed by atoms with Gasteiger partial charge in [-0.15, -0.1) is 17.8 Å². The molecule has 102 valence electrons. The number of nitrogens with zero attached hydrogens (tertiary/aromatic N) is 1. The van der Waals surface area contributed by atoms with Crippen molar-refractivity contribution in [1.82, 2.24) is 4.98 Å². The molecule has 0 bridgehead atoms. The monoisotopic (exact) mass is 284 g/mol. The third kappa shape index (κ3) is 3.69. The summed E-state index contributed by atoms with van der Waals surface area (Å²) >= 11 is 1.59. The van der Waals surface area contributed by atoms with E-state index in [-0.39, 0.29) is 12.3 Å². The van der Waals surface area contributed by atoms with E-state index < -0.39 is 0 Å². The van der Waals surface area contributed by atoms with Gasteiger partial charge >= 0.3 is 0 Å². The van der Waals surface area contributed by atoms with Gasteiger partial charge in [-0.2, -0.15) is 0 Å². The molecular formula is C16H16N2OS. The van der Waals surface area contributed by atoms with Crippen molar-refractivity contribution >= 4 is 22.9 Å². The van der Waals surface area contributed by atoms with E-state index in [0.717, 1.165) is 16.3 Å². The van der Waals surface area contributed by atoms with E-state index in [1.807, 2.05) is 23.6 Å². The summed E-state index contributed by atoms with van der Waals surface area (Å²) in [4.78, 5) is 16.4. The van der Waals surface area contributed by atoms with Gasteiger partial charge in [0, 0.05) is 22.5 Å². The molecule has 1 heterocycles. The van der Waals surface area contributed by atoms with E-state index in [2.05, 4.69) is 30.1 Å². The molecule has 4 heteroatoms. The lowest BCUT2D eigenvalue weighted by Crippen LogP contribution is -2.14. The first-order valence-corrected chi connectivity index (χ1v) is 7.27. The van der Waals surface area contributed by atoms with Crippen molar-refractivity contribution in [3.8, 4) is 12.3 Å². The first kappa shape index (κ1) is 14.3. The largest absolute Gasteiger partial charge is 0.326 e. The highest BCUT2D eigenvalue weighted by Crippen LogP contribution is 2.19. The zero-order chi connectivity index (χ0) is 14.5. The number of terminal acetylenes is 1. The maximum absolute atomic E-state index is 12.0. The van der Waals surface area contributed by atoms with E-state index in [1.165, 1.54) is 0 Å². The van der Waals surface area contributed by atoms with Crippen molar-refractivity contribution in [1.29, 1.82) is 0 Å². The Kier molecular flexibility index (Phi) is 4.54. The average Bonchev–Trinajstić information content (AvgIpc) is 2.87. The van der Waals surface area contributed by atoms with Crippen molar-refractivity contribution in [3.05, 3.63) is 45.9 Å². The number of hydrogen-bond donors (Lipinski definition) is 1. The maximum Gasteiger partial charge on any atom is 0.230 e. The Bertz CT molecular complexity index is 652. The Hall–Kier alpha value is -2.12.